The first-order chi connectivity index (χ1) is 13.2. The van der Waals surface area contributed by atoms with Crippen LogP contribution in [0.5, 0.6) is 5.75 Å². The first-order valence-electron chi connectivity index (χ1n) is 9.97. The molecule has 0 amide bonds. The topological polar surface area (TPSA) is 59.0 Å². The predicted octanol–water partition coefficient (Wildman–Crippen LogP) is 4.82. The van der Waals surface area contributed by atoms with Gasteiger partial charge in [0.1, 0.15) is 11.9 Å². The molecule has 0 bridgehead atoms. The van der Waals surface area contributed by atoms with Crippen molar-refractivity contribution in [3.05, 3.63) is 42.0 Å². The van der Waals surface area contributed by atoms with Gasteiger partial charge in [-0.25, -0.2) is 4.79 Å². The van der Waals surface area contributed by atoms with Crippen molar-refractivity contribution < 1.29 is 19.4 Å². The van der Waals surface area contributed by atoms with E-state index in [1.165, 1.54) is 42.0 Å². The molecule has 1 heterocycles. The fraction of sp³-hybridized carbons (Fsp3) is 0.500. The molecule has 5 heteroatoms. The fourth-order valence-corrected chi connectivity index (χ4v) is 4.23. The van der Waals surface area contributed by atoms with Gasteiger partial charge >= 0.3 is 6.16 Å². The molecular weight excluding hydrogens is 342 g/mol. The molecule has 0 aromatic heterocycles. The van der Waals surface area contributed by atoms with Crippen LogP contribution in [-0.2, 0) is 11.3 Å². The molecule has 1 aliphatic carbocycles. The average Bonchev–Trinajstić information content (AvgIpc) is 3.16. The minimum absolute atomic E-state index is 0.159. The molecule has 2 aliphatic rings. The number of piperidine rings is 1. The maximum absolute atomic E-state index is 10.6. The lowest BCUT2D eigenvalue weighted by Crippen LogP contribution is -2.37. The number of hydrogen-bond acceptors (Lipinski definition) is 4. The summed E-state index contributed by atoms with van der Waals surface area (Å²) in [4.78, 5) is 13.0. The highest BCUT2D eigenvalue weighted by molar-refractivity contribution is 5.84. The number of likely N-dealkylation sites (tertiary alicyclic amines) is 1. The Labute approximate surface area is 159 Å². The number of nitrogens with zero attached hydrogens (tertiary/aromatic N) is 1. The molecule has 144 valence electrons. The SMILES string of the molecule is O=C(O)OC1CCN(Cc2ccc3cc(OC4CCCC4)ccc3c2)CC1. The molecular formula is C22H27NO4. The molecule has 0 atom stereocenters. The van der Waals surface area contributed by atoms with Crippen molar-refractivity contribution in [2.45, 2.75) is 57.3 Å². The number of benzene rings is 2. The van der Waals surface area contributed by atoms with E-state index in [0.29, 0.717) is 6.10 Å². The summed E-state index contributed by atoms with van der Waals surface area (Å²) in [7, 11) is 0. The molecule has 0 unspecified atom stereocenters. The van der Waals surface area contributed by atoms with E-state index in [4.69, 9.17) is 14.6 Å². The van der Waals surface area contributed by atoms with E-state index in [9.17, 15) is 4.79 Å². The summed E-state index contributed by atoms with van der Waals surface area (Å²) in [6.07, 6.45) is 5.49. The maximum Gasteiger partial charge on any atom is 0.506 e. The Balaban J connectivity index is 1.36. The fourth-order valence-electron chi connectivity index (χ4n) is 4.23. The quantitative estimate of drug-likeness (QED) is 0.766. The smallest absolute Gasteiger partial charge is 0.490 e. The number of fused-ring (bicyclic) bond motifs is 1. The lowest BCUT2D eigenvalue weighted by molar-refractivity contribution is 0.0185. The Bertz CT molecular complexity index is 792. The van der Waals surface area contributed by atoms with Gasteiger partial charge in [-0.3, -0.25) is 4.90 Å². The summed E-state index contributed by atoms with van der Waals surface area (Å²) in [5.74, 6) is 0.975. The van der Waals surface area contributed by atoms with Crippen molar-refractivity contribution in [3.8, 4) is 5.75 Å². The lowest BCUT2D eigenvalue weighted by Gasteiger charge is -2.31. The molecule has 2 fully saturated rings. The summed E-state index contributed by atoms with van der Waals surface area (Å²) in [6.45, 7) is 2.62. The Morgan fingerprint density at radius 2 is 1.67 bits per heavy atom. The number of hydrogen-bond donors (Lipinski definition) is 1. The molecule has 1 aliphatic heterocycles. The predicted molar refractivity (Wildman–Crippen MR) is 104 cm³/mol. The third-order valence-electron chi connectivity index (χ3n) is 5.69. The second kappa shape index (κ2) is 8.17. The highest BCUT2D eigenvalue weighted by atomic mass is 16.7. The van der Waals surface area contributed by atoms with E-state index in [-0.39, 0.29) is 6.10 Å². The monoisotopic (exact) mass is 369 g/mol. The summed E-state index contributed by atoms with van der Waals surface area (Å²) in [6, 6.07) is 13.0. The van der Waals surface area contributed by atoms with E-state index in [1.54, 1.807) is 0 Å². The molecule has 1 N–H and O–H groups in total. The zero-order chi connectivity index (χ0) is 18.6. The molecule has 1 saturated heterocycles. The second-order valence-corrected chi connectivity index (χ2v) is 7.73. The normalized spacial score (nSPS) is 19.4. The van der Waals surface area contributed by atoms with Crippen molar-refractivity contribution in [2.75, 3.05) is 13.1 Å². The van der Waals surface area contributed by atoms with Gasteiger partial charge in [0, 0.05) is 19.6 Å². The van der Waals surface area contributed by atoms with Crippen molar-refractivity contribution >= 4 is 16.9 Å². The van der Waals surface area contributed by atoms with Gasteiger partial charge in [-0.1, -0.05) is 18.2 Å². The zero-order valence-corrected chi connectivity index (χ0v) is 15.6. The number of carbonyl (C=O) groups is 1. The van der Waals surface area contributed by atoms with Gasteiger partial charge in [-0.2, -0.15) is 0 Å². The summed E-state index contributed by atoms with van der Waals surface area (Å²) in [5.41, 5.74) is 1.28. The second-order valence-electron chi connectivity index (χ2n) is 7.73. The minimum atomic E-state index is -1.17. The van der Waals surface area contributed by atoms with Crippen molar-refractivity contribution in [3.63, 3.8) is 0 Å². The molecule has 2 aromatic rings. The molecule has 4 rings (SSSR count). The van der Waals surface area contributed by atoms with Gasteiger partial charge in [-0.05, 0) is 73.1 Å². The Morgan fingerprint density at radius 3 is 2.41 bits per heavy atom. The number of carboxylic acid groups (broad SMARTS) is 1. The van der Waals surface area contributed by atoms with E-state index in [2.05, 4.69) is 41.3 Å². The highest BCUT2D eigenvalue weighted by Gasteiger charge is 2.22. The van der Waals surface area contributed by atoms with Crippen molar-refractivity contribution in [2.24, 2.45) is 0 Å². The van der Waals surface area contributed by atoms with Gasteiger partial charge < -0.3 is 14.6 Å². The van der Waals surface area contributed by atoms with E-state index in [0.717, 1.165) is 38.2 Å². The van der Waals surface area contributed by atoms with Crippen LogP contribution in [0.15, 0.2) is 36.4 Å². The van der Waals surface area contributed by atoms with Gasteiger partial charge in [0.25, 0.3) is 0 Å². The first kappa shape index (κ1) is 18.1. The third-order valence-corrected chi connectivity index (χ3v) is 5.69. The maximum atomic E-state index is 10.6. The van der Waals surface area contributed by atoms with Crippen LogP contribution < -0.4 is 4.74 Å². The number of rotatable bonds is 5. The summed E-state index contributed by atoms with van der Waals surface area (Å²) < 4.78 is 11.0. The van der Waals surface area contributed by atoms with Crippen LogP contribution in [0, 0.1) is 0 Å². The Kier molecular flexibility index (Phi) is 5.48. The molecule has 1 saturated carbocycles. The molecule has 2 aromatic carbocycles. The zero-order valence-electron chi connectivity index (χ0n) is 15.6. The average molecular weight is 369 g/mol. The third kappa shape index (κ3) is 4.72. The van der Waals surface area contributed by atoms with Crippen molar-refractivity contribution in [1.82, 2.24) is 4.90 Å². The Morgan fingerprint density at radius 1 is 0.963 bits per heavy atom. The van der Waals surface area contributed by atoms with Gasteiger partial charge in [0.15, 0.2) is 0 Å². The largest absolute Gasteiger partial charge is 0.506 e. The van der Waals surface area contributed by atoms with E-state index in [1.807, 2.05) is 0 Å². The summed E-state index contributed by atoms with van der Waals surface area (Å²) >= 11 is 0. The number of ether oxygens (including phenoxy) is 2. The van der Waals surface area contributed by atoms with Gasteiger partial charge in [0.2, 0.25) is 0 Å². The lowest BCUT2D eigenvalue weighted by atomic mass is 10.0. The van der Waals surface area contributed by atoms with Gasteiger partial charge in [-0.15, -0.1) is 0 Å². The summed E-state index contributed by atoms with van der Waals surface area (Å²) in [5, 5.41) is 11.2. The van der Waals surface area contributed by atoms with Crippen LogP contribution in [0.4, 0.5) is 4.79 Å². The molecule has 0 radical (unpaired) electrons. The van der Waals surface area contributed by atoms with Gasteiger partial charge in [0.05, 0.1) is 6.10 Å². The van der Waals surface area contributed by atoms with Crippen LogP contribution in [0.2, 0.25) is 0 Å². The van der Waals surface area contributed by atoms with Crippen LogP contribution in [-0.4, -0.2) is 41.5 Å². The first-order valence-corrected chi connectivity index (χ1v) is 9.97. The molecule has 5 nitrogen and oxygen atoms in total. The molecule has 0 spiro atoms. The molecule has 27 heavy (non-hydrogen) atoms. The highest BCUT2D eigenvalue weighted by Crippen LogP contribution is 2.28. The minimum Gasteiger partial charge on any atom is -0.490 e. The standard InChI is InChI=1S/C22H27NO4/c24-22(25)27-20-9-11-23(12-10-20)15-16-5-6-18-14-21(8-7-17(18)13-16)26-19-3-1-2-4-19/h5-8,13-14,19-20H,1-4,9-12,15H2,(H,24,25). The van der Waals surface area contributed by atoms with Crippen LogP contribution in [0.1, 0.15) is 44.1 Å². The van der Waals surface area contributed by atoms with Crippen molar-refractivity contribution in [1.29, 1.82) is 0 Å². The van der Waals surface area contributed by atoms with E-state index < -0.39 is 6.16 Å². The van der Waals surface area contributed by atoms with E-state index >= 15 is 0 Å². The van der Waals surface area contributed by atoms with Crippen LogP contribution in [0.3, 0.4) is 0 Å². The Hall–Kier alpha value is -2.27. The van der Waals surface area contributed by atoms with Crippen LogP contribution >= 0.6 is 0 Å². The van der Waals surface area contributed by atoms with Crippen LogP contribution in [0.25, 0.3) is 10.8 Å².